The minimum atomic E-state index is 0.498. The van der Waals surface area contributed by atoms with E-state index < -0.39 is 0 Å². The van der Waals surface area contributed by atoms with Crippen LogP contribution in [0.15, 0.2) is 29.8 Å². The van der Waals surface area contributed by atoms with E-state index in [1.165, 1.54) is 0 Å². The molecular formula is C13H11N5S. The van der Waals surface area contributed by atoms with Gasteiger partial charge >= 0.3 is 0 Å². The van der Waals surface area contributed by atoms with Crippen molar-refractivity contribution in [2.24, 2.45) is 0 Å². The van der Waals surface area contributed by atoms with Gasteiger partial charge in [0.15, 0.2) is 5.82 Å². The maximum Gasteiger partial charge on any atom is 0.152 e. The molecule has 94 valence electrons. The summed E-state index contributed by atoms with van der Waals surface area (Å²) in [6, 6.07) is 7.79. The summed E-state index contributed by atoms with van der Waals surface area (Å²) >= 11 is 1.59. The number of nitriles is 1. The van der Waals surface area contributed by atoms with E-state index in [2.05, 4.69) is 21.4 Å². The Morgan fingerprint density at radius 1 is 1.42 bits per heavy atom. The summed E-state index contributed by atoms with van der Waals surface area (Å²) in [6.45, 7) is 0.498. The first-order valence-electron chi connectivity index (χ1n) is 5.79. The van der Waals surface area contributed by atoms with Crippen molar-refractivity contribution in [1.29, 1.82) is 5.26 Å². The third-order valence-corrected chi connectivity index (χ3v) is 3.67. The van der Waals surface area contributed by atoms with Crippen molar-refractivity contribution in [1.82, 2.24) is 14.5 Å². The van der Waals surface area contributed by atoms with Gasteiger partial charge in [-0.2, -0.15) is 5.26 Å². The molecule has 0 fully saturated rings. The Morgan fingerprint density at radius 3 is 3.11 bits per heavy atom. The van der Waals surface area contributed by atoms with Gasteiger partial charge < -0.3 is 9.88 Å². The molecule has 0 aliphatic heterocycles. The number of nitrogens with one attached hydrogen (secondary N) is 1. The molecule has 0 aliphatic carbocycles. The zero-order valence-corrected chi connectivity index (χ0v) is 11.1. The van der Waals surface area contributed by atoms with Gasteiger partial charge in [-0.05, 0) is 23.6 Å². The zero-order valence-electron chi connectivity index (χ0n) is 10.3. The van der Waals surface area contributed by atoms with Gasteiger partial charge in [0.2, 0.25) is 0 Å². The molecule has 6 heteroatoms. The van der Waals surface area contributed by atoms with E-state index in [0.717, 1.165) is 16.0 Å². The molecular weight excluding hydrogens is 258 g/mol. The average Bonchev–Trinajstić information content (AvgIpc) is 3.06. The molecule has 0 unspecified atom stereocenters. The molecule has 0 aliphatic rings. The predicted molar refractivity (Wildman–Crippen MR) is 75.2 cm³/mol. The summed E-state index contributed by atoms with van der Waals surface area (Å²) in [5, 5.41) is 15.1. The van der Waals surface area contributed by atoms with E-state index in [-0.39, 0.29) is 0 Å². The van der Waals surface area contributed by atoms with E-state index in [1.807, 2.05) is 35.3 Å². The van der Waals surface area contributed by atoms with Crippen LogP contribution in [0.4, 0.5) is 5.82 Å². The Morgan fingerprint density at radius 2 is 2.32 bits per heavy atom. The normalized spacial score (nSPS) is 10.5. The summed E-state index contributed by atoms with van der Waals surface area (Å²) < 4.78 is 1.84. The van der Waals surface area contributed by atoms with E-state index in [4.69, 9.17) is 5.26 Å². The highest BCUT2D eigenvalue weighted by molar-refractivity contribution is 7.16. The molecule has 5 nitrogen and oxygen atoms in total. The Bertz CT molecular complexity index is 765. The van der Waals surface area contributed by atoms with Gasteiger partial charge in [-0.1, -0.05) is 0 Å². The van der Waals surface area contributed by atoms with Crippen molar-refractivity contribution in [3.05, 3.63) is 41.3 Å². The van der Waals surface area contributed by atoms with Gasteiger partial charge in [0, 0.05) is 13.2 Å². The minimum absolute atomic E-state index is 0.498. The number of hydrogen-bond donors (Lipinski definition) is 1. The third kappa shape index (κ3) is 2.04. The number of thiophene rings is 1. The Labute approximate surface area is 114 Å². The van der Waals surface area contributed by atoms with Crippen molar-refractivity contribution in [3.63, 3.8) is 0 Å². The second-order valence-corrected chi connectivity index (χ2v) is 4.91. The Balaban J connectivity index is 2.04. The van der Waals surface area contributed by atoms with Crippen molar-refractivity contribution in [2.75, 3.05) is 12.4 Å². The highest BCUT2D eigenvalue weighted by Crippen LogP contribution is 2.24. The highest BCUT2D eigenvalue weighted by Gasteiger charge is 2.09. The van der Waals surface area contributed by atoms with Crippen molar-refractivity contribution in [2.45, 2.75) is 6.54 Å². The number of fused-ring (bicyclic) bond motifs is 1. The van der Waals surface area contributed by atoms with Gasteiger partial charge in [0.05, 0.1) is 11.9 Å². The van der Waals surface area contributed by atoms with Crippen LogP contribution < -0.4 is 5.32 Å². The van der Waals surface area contributed by atoms with Crippen LogP contribution in [0.1, 0.15) is 11.5 Å². The molecule has 19 heavy (non-hydrogen) atoms. The maximum absolute atomic E-state index is 9.00. The largest absolute Gasteiger partial charge is 0.372 e. The van der Waals surface area contributed by atoms with Gasteiger partial charge in [-0.3, -0.25) is 0 Å². The predicted octanol–water partition coefficient (Wildman–Crippen LogP) is 2.45. The quantitative estimate of drug-likeness (QED) is 0.793. The monoisotopic (exact) mass is 269 g/mol. The number of rotatable bonds is 3. The fourth-order valence-electron chi connectivity index (χ4n) is 1.97. The Kier molecular flexibility index (Phi) is 2.89. The summed E-state index contributed by atoms with van der Waals surface area (Å²) in [6.07, 6.45) is 1.86. The van der Waals surface area contributed by atoms with E-state index >= 15 is 0 Å². The first kappa shape index (κ1) is 11.7. The molecule has 0 atom stereocenters. The van der Waals surface area contributed by atoms with Crippen LogP contribution in [0.25, 0.3) is 10.2 Å². The van der Waals surface area contributed by atoms with Crippen molar-refractivity contribution >= 4 is 27.4 Å². The molecule has 0 spiro atoms. The van der Waals surface area contributed by atoms with Crippen LogP contribution in [-0.2, 0) is 6.54 Å². The molecule has 3 heterocycles. The van der Waals surface area contributed by atoms with Crippen LogP contribution in [0.5, 0.6) is 0 Å². The summed E-state index contributed by atoms with van der Waals surface area (Å²) in [5.74, 6) is 1.53. The lowest BCUT2D eigenvalue weighted by molar-refractivity contribution is 0.747. The first-order valence-corrected chi connectivity index (χ1v) is 6.67. The molecule has 1 N–H and O–H groups in total. The van der Waals surface area contributed by atoms with Crippen LogP contribution in [0.3, 0.4) is 0 Å². The molecule has 0 aromatic carbocycles. The van der Waals surface area contributed by atoms with Crippen molar-refractivity contribution < 1.29 is 0 Å². The lowest BCUT2D eigenvalue weighted by Crippen LogP contribution is -2.06. The lowest BCUT2D eigenvalue weighted by atomic mass is 10.3. The molecule has 0 saturated carbocycles. The van der Waals surface area contributed by atoms with Gasteiger partial charge in [-0.15, -0.1) is 11.3 Å². The molecule has 3 aromatic heterocycles. The smallest absolute Gasteiger partial charge is 0.152 e. The summed E-state index contributed by atoms with van der Waals surface area (Å²) in [5.41, 5.74) is 0.612. The third-order valence-electron chi connectivity index (χ3n) is 2.86. The molecule has 0 saturated heterocycles. The molecule has 0 radical (unpaired) electrons. The molecule has 0 bridgehead atoms. The topological polar surface area (TPSA) is 66.5 Å². The van der Waals surface area contributed by atoms with Crippen LogP contribution in [-0.4, -0.2) is 21.6 Å². The minimum Gasteiger partial charge on any atom is -0.372 e. The fourth-order valence-corrected chi connectivity index (χ4v) is 2.75. The van der Waals surface area contributed by atoms with Gasteiger partial charge in [0.25, 0.3) is 0 Å². The second-order valence-electron chi connectivity index (χ2n) is 4.01. The average molecular weight is 269 g/mol. The van der Waals surface area contributed by atoms with Gasteiger partial charge in [0.1, 0.15) is 22.4 Å². The van der Waals surface area contributed by atoms with E-state index in [1.54, 1.807) is 17.4 Å². The summed E-state index contributed by atoms with van der Waals surface area (Å²) in [7, 11) is 1.85. The van der Waals surface area contributed by atoms with Gasteiger partial charge in [-0.25, -0.2) is 9.97 Å². The zero-order chi connectivity index (χ0) is 13.2. The first-order chi connectivity index (χ1) is 9.31. The van der Waals surface area contributed by atoms with Crippen LogP contribution in [0, 0.1) is 11.3 Å². The number of nitrogens with zero attached hydrogens (tertiary/aromatic N) is 4. The number of hydrogen-bond acceptors (Lipinski definition) is 5. The molecule has 3 aromatic rings. The van der Waals surface area contributed by atoms with Crippen LogP contribution >= 0.6 is 11.3 Å². The lowest BCUT2D eigenvalue weighted by Gasteiger charge is -2.07. The van der Waals surface area contributed by atoms with Crippen LogP contribution in [0.2, 0.25) is 0 Å². The summed E-state index contributed by atoms with van der Waals surface area (Å²) in [4.78, 5) is 9.99. The standard InChI is InChI=1S/C13H11N5S/c1-15-12-10-4-6-19-13(10)17-11(16-12)8-18-5-2-3-9(18)7-14/h2-6H,8H2,1H3,(H,15,16,17). The van der Waals surface area contributed by atoms with E-state index in [0.29, 0.717) is 18.1 Å². The number of aromatic nitrogens is 3. The maximum atomic E-state index is 9.00. The van der Waals surface area contributed by atoms with Crippen molar-refractivity contribution in [3.8, 4) is 6.07 Å². The highest BCUT2D eigenvalue weighted by atomic mass is 32.1. The molecule has 0 amide bonds. The van der Waals surface area contributed by atoms with E-state index in [9.17, 15) is 0 Å². The number of anilines is 1. The second kappa shape index (κ2) is 4.71. The Hall–Kier alpha value is -2.39. The molecule has 3 rings (SSSR count). The SMILES string of the molecule is CNc1nc(Cn2cccc2C#N)nc2sccc12. The fraction of sp³-hybridized carbons (Fsp3) is 0.154.